The maximum Gasteiger partial charge on any atom is 0.573 e. The maximum absolute atomic E-state index is 12.5. The van der Waals surface area contributed by atoms with Crippen molar-refractivity contribution in [1.29, 1.82) is 0 Å². The molecule has 31 heavy (non-hydrogen) atoms. The summed E-state index contributed by atoms with van der Waals surface area (Å²) in [6, 6.07) is 13.1. The highest BCUT2D eigenvalue weighted by molar-refractivity contribution is 5.66. The van der Waals surface area contributed by atoms with Crippen molar-refractivity contribution in [3.05, 3.63) is 70.3 Å². The summed E-state index contributed by atoms with van der Waals surface area (Å²) in [6.45, 7) is 2.73. The molecule has 0 spiro atoms. The Morgan fingerprint density at radius 1 is 1.06 bits per heavy atom. The molecule has 0 amide bonds. The van der Waals surface area contributed by atoms with Crippen LogP contribution >= 0.6 is 0 Å². The van der Waals surface area contributed by atoms with Crippen molar-refractivity contribution in [2.45, 2.75) is 19.8 Å². The highest BCUT2D eigenvalue weighted by Gasteiger charge is 2.31. The van der Waals surface area contributed by atoms with E-state index in [4.69, 9.17) is 0 Å². The molecule has 0 unspecified atom stereocenters. The van der Waals surface area contributed by atoms with Gasteiger partial charge in [0.15, 0.2) is 0 Å². The largest absolute Gasteiger partial charge is 0.573 e. The topological polar surface area (TPSA) is 102 Å². The Balaban J connectivity index is 1.84. The number of hydrogen-bond acceptors (Lipinski definition) is 7. The van der Waals surface area contributed by atoms with E-state index in [2.05, 4.69) is 25.3 Å². The van der Waals surface area contributed by atoms with Gasteiger partial charge in [-0.05, 0) is 24.6 Å². The fourth-order valence-electron chi connectivity index (χ4n) is 2.70. The highest BCUT2D eigenvalue weighted by Crippen LogP contribution is 2.28. The Bertz CT molecular complexity index is 1060. The van der Waals surface area contributed by atoms with Gasteiger partial charge in [0.05, 0.1) is 10.6 Å². The zero-order chi connectivity index (χ0) is 22.4. The van der Waals surface area contributed by atoms with Gasteiger partial charge in [0.2, 0.25) is 5.95 Å². The Morgan fingerprint density at radius 3 is 2.45 bits per heavy atom. The first kappa shape index (κ1) is 21.8. The van der Waals surface area contributed by atoms with Crippen LogP contribution in [0, 0.1) is 10.1 Å². The van der Waals surface area contributed by atoms with Crippen LogP contribution in [0.3, 0.4) is 0 Å². The van der Waals surface area contributed by atoms with Crippen LogP contribution in [0.5, 0.6) is 5.75 Å². The molecule has 0 aliphatic rings. The van der Waals surface area contributed by atoms with Crippen molar-refractivity contribution >= 4 is 17.5 Å². The predicted octanol–water partition coefficient (Wildman–Crippen LogP) is 4.99. The second kappa shape index (κ2) is 9.28. The SMILES string of the molecule is CCNc1nc(NCc2ccc([N+](=O)[O-])cc2)cc(-c2cccc(OC(F)(F)F)c2)n1. The van der Waals surface area contributed by atoms with Crippen molar-refractivity contribution in [3.63, 3.8) is 0 Å². The van der Waals surface area contributed by atoms with Gasteiger partial charge >= 0.3 is 6.36 Å². The number of ether oxygens (including phenoxy) is 1. The van der Waals surface area contributed by atoms with Crippen LogP contribution in [-0.4, -0.2) is 27.8 Å². The minimum absolute atomic E-state index is 0.0107. The molecular weight excluding hydrogens is 415 g/mol. The number of halogens is 3. The summed E-state index contributed by atoms with van der Waals surface area (Å²) in [7, 11) is 0. The molecule has 0 aliphatic carbocycles. The number of anilines is 2. The molecular formula is C20H18F3N5O3. The lowest BCUT2D eigenvalue weighted by Crippen LogP contribution is -2.17. The van der Waals surface area contributed by atoms with Crippen LogP contribution in [0.2, 0.25) is 0 Å². The second-order valence-corrected chi connectivity index (χ2v) is 6.35. The highest BCUT2D eigenvalue weighted by atomic mass is 19.4. The number of alkyl halides is 3. The smallest absolute Gasteiger partial charge is 0.406 e. The van der Waals surface area contributed by atoms with E-state index < -0.39 is 11.3 Å². The van der Waals surface area contributed by atoms with Crippen molar-refractivity contribution in [2.75, 3.05) is 17.2 Å². The van der Waals surface area contributed by atoms with E-state index in [0.29, 0.717) is 36.1 Å². The van der Waals surface area contributed by atoms with Gasteiger partial charge in [0, 0.05) is 36.9 Å². The Kier molecular flexibility index (Phi) is 6.53. The molecule has 3 aromatic rings. The summed E-state index contributed by atoms with van der Waals surface area (Å²) in [4.78, 5) is 19.0. The molecule has 0 saturated heterocycles. The third-order valence-electron chi connectivity index (χ3n) is 4.05. The number of hydrogen-bond donors (Lipinski definition) is 2. The third kappa shape index (κ3) is 6.29. The van der Waals surface area contributed by atoms with Crippen molar-refractivity contribution < 1.29 is 22.8 Å². The summed E-state index contributed by atoms with van der Waals surface area (Å²) < 4.78 is 41.6. The number of nitro groups is 1. The summed E-state index contributed by atoms with van der Waals surface area (Å²) in [5.74, 6) is 0.379. The van der Waals surface area contributed by atoms with Crippen LogP contribution in [0.15, 0.2) is 54.6 Å². The van der Waals surface area contributed by atoms with Crippen LogP contribution in [0.4, 0.5) is 30.6 Å². The van der Waals surface area contributed by atoms with E-state index in [1.807, 2.05) is 6.92 Å². The lowest BCUT2D eigenvalue weighted by molar-refractivity contribution is -0.384. The first-order valence-electron chi connectivity index (χ1n) is 9.20. The van der Waals surface area contributed by atoms with Crippen molar-refractivity contribution in [2.24, 2.45) is 0 Å². The minimum Gasteiger partial charge on any atom is -0.406 e. The molecule has 0 atom stereocenters. The molecule has 0 aliphatic heterocycles. The van der Waals surface area contributed by atoms with Gasteiger partial charge in [0.25, 0.3) is 5.69 Å². The minimum atomic E-state index is -4.79. The summed E-state index contributed by atoms with van der Waals surface area (Å²) in [5, 5.41) is 16.8. The molecule has 2 N–H and O–H groups in total. The van der Waals surface area contributed by atoms with Gasteiger partial charge in [-0.3, -0.25) is 10.1 Å². The molecule has 2 aromatic carbocycles. The molecule has 1 aromatic heterocycles. The van der Waals surface area contributed by atoms with Crippen LogP contribution < -0.4 is 15.4 Å². The monoisotopic (exact) mass is 433 g/mol. The second-order valence-electron chi connectivity index (χ2n) is 6.35. The first-order valence-corrected chi connectivity index (χ1v) is 9.20. The Labute approximate surface area is 175 Å². The predicted molar refractivity (Wildman–Crippen MR) is 109 cm³/mol. The van der Waals surface area contributed by atoms with Gasteiger partial charge in [0.1, 0.15) is 11.6 Å². The van der Waals surface area contributed by atoms with Gasteiger partial charge < -0.3 is 15.4 Å². The van der Waals surface area contributed by atoms with E-state index in [9.17, 15) is 23.3 Å². The number of non-ortho nitro benzene ring substituents is 1. The summed E-state index contributed by atoms with van der Waals surface area (Å²) in [5.41, 5.74) is 1.59. The van der Waals surface area contributed by atoms with Crippen LogP contribution in [0.1, 0.15) is 12.5 Å². The molecule has 0 bridgehead atoms. The maximum atomic E-state index is 12.5. The average molecular weight is 433 g/mol. The van der Waals surface area contributed by atoms with Gasteiger partial charge in [-0.1, -0.05) is 24.3 Å². The standard InChI is InChI=1S/C20H18F3N5O3/c1-2-24-19-26-17(14-4-3-5-16(10-14)31-20(21,22)23)11-18(27-19)25-12-13-6-8-15(9-7-13)28(29)30/h3-11H,2,12H2,1H3,(H2,24,25,26,27). The number of aromatic nitrogens is 2. The van der Waals surface area contributed by atoms with Crippen LogP contribution in [-0.2, 0) is 6.54 Å². The molecule has 162 valence electrons. The summed E-state index contributed by atoms with van der Waals surface area (Å²) >= 11 is 0. The molecule has 8 nitrogen and oxygen atoms in total. The molecule has 1 heterocycles. The summed E-state index contributed by atoms with van der Waals surface area (Å²) in [6.07, 6.45) is -4.79. The average Bonchev–Trinajstić information content (AvgIpc) is 2.71. The van der Waals surface area contributed by atoms with E-state index in [1.165, 1.54) is 30.3 Å². The molecule has 0 saturated carbocycles. The van der Waals surface area contributed by atoms with Gasteiger partial charge in [-0.15, -0.1) is 13.2 Å². The Morgan fingerprint density at radius 2 is 1.81 bits per heavy atom. The van der Waals surface area contributed by atoms with E-state index in [0.717, 1.165) is 5.56 Å². The van der Waals surface area contributed by atoms with E-state index in [1.54, 1.807) is 24.3 Å². The molecule has 3 rings (SSSR count). The third-order valence-corrected chi connectivity index (χ3v) is 4.05. The molecule has 0 radical (unpaired) electrons. The number of rotatable bonds is 8. The lowest BCUT2D eigenvalue weighted by Gasteiger charge is -2.12. The zero-order valence-corrected chi connectivity index (χ0v) is 16.3. The fraction of sp³-hybridized carbons (Fsp3) is 0.200. The molecule has 0 fully saturated rings. The number of nitrogens with one attached hydrogen (secondary N) is 2. The van der Waals surface area contributed by atoms with E-state index >= 15 is 0 Å². The van der Waals surface area contributed by atoms with Gasteiger partial charge in [-0.2, -0.15) is 4.98 Å². The zero-order valence-electron chi connectivity index (χ0n) is 16.3. The fourth-order valence-corrected chi connectivity index (χ4v) is 2.70. The number of nitro benzene ring substituents is 1. The normalized spacial score (nSPS) is 11.1. The quantitative estimate of drug-likeness (QED) is 0.381. The van der Waals surface area contributed by atoms with Crippen LogP contribution in [0.25, 0.3) is 11.3 Å². The van der Waals surface area contributed by atoms with E-state index in [-0.39, 0.29) is 11.4 Å². The van der Waals surface area contributed by atoms with Gasteiger partial charge in [-0.25, -0.2) is 4.98 Å². The number of nitrogens with zero attached hydrogens (tertiary/aromatic N) is 3. The lowest BCUT2D eigenvalue weighted by atomic mass is 10.1. The first-order chi connectivity index (χ1) is 14.7. The Hall–Kier alpha value is -3.89. The molecule has 11 heteroatoms. The number of benzene rings is 2. The van der Waals surface area contributed by atoms with Crippen molar-refractivity contribution in [1.82, 2.24) is 9.97 Å². The van der Waals surface area contributed by atoms with Crippen molar-refractivity contribution in [3.8, 4) is 17.0 Å².